The fourth-order valence-corrected chi connectivity index (χ4v) is 25.8. The normalized spacial score (nSPS) is 11.7. The zero-order valence-electron chi connectivity index (χ0n) is 73.9. The first-order valence-corrected chi connectivity index (χ1v) is 50.1. The van der Waals surface area contributed by atoms with Gasteiger partial charge in [0.05, 0.1) is 47.7 Å². The first kappa shape index (κ1) is 82.2. The fraction of sp³-hybridized carbons (Fsp3) is 0. The van der Waals surface area contributed by atoms with E-state index in [2.05, 4.69) is 352 Å². The summed E-state index contributed by atoms with van der Waals surface area (Å²) in [5.74, 6) is 1.96. The van der Waals surface area contributed by atoms with E-state index in [9.17, 15) is 4.57 Å². The van der Waals surface area contributed by atoms with Gasteiger partial charge in [0.15, 0.2) is 24.6 Å². The molecule has 27 aromatic rings. The number of fused-ring (bicyclic) bond motifs is 18. The molecule has 0 aliphatic carbocycles. The highest BCUT2D eigenvalue weighted by atomic mass is 32.1. The molecule has 20 aromatic carbocycles. The lowest BCUT2D eigenvalue weighted by Crippen LogP contribution is -2.24. The Morgan fingerprint density at radius 1 is 0.168 bits per heavy atom. The Labute approximate surface area is 802 Å². The number of hydrogen-bond acceptors (Lipinski definition) is 10. The van der Waals surface area contributed by atoms with E-state index in [1.807, 2.05) is 161 Å². The highest BCUT2D eigenvalue weighted by Crippen LogP contribution is 2.49. The molecule has 0 aliphatic heterocycles. The number of hydrogen-bond donors (Lipinski definition) is 0. The molecule has 0 spiro atoms. The van der Waals surface area contributed by atoms with Crippen molar-refractivity contribution >= 4 is 183 Å². The van der Waals surface area contributed by atoms with Gasteiger partial charge in [-0.15, -0.1) is 34.0 Å². The first-order valence-electron chi connectivity index (χ1n) is 45.9. The van der Waals surface area contributed by atoms with Crippen LogP contribution in [0.15, 0.2) is 479 Å². The van der Waals surface area contributed by atoms with Crippen molar-refractivity contribution in [1.82, 2.24) is 29.9 Å². The average molecular weight is 1820 g/mol. The van der Waals surface area contributed by atoms with Crippen LogP contribution in [0.5, 0.6) is 0 Å². The molecule has 0 amide bonds. The van der Waals surface area contributed by atoms with Crippen molar-refractivity contribution < 1.29 is 4.57 Å². The maximum absolute atomic E-state index is 14.9. The zero-order chi connectivity index (χ0) is 90.9. The number of nitrogens with zero attached hydrogens (tertiary/aromatic N) is 6. The smallest absolute Gasteiger partial charge is 0.171 e. The Morgan fingerprint density at radius 2 is 0.409 bits per heavy atom. The summed E-state index contributed by atoms with van der Waals surface area (Å²) >= 11 is 5.47. The Hall–Kier alpha value is -16.7. The molecule has 0 saturated heterocycles. The van der Waals surface area contributed by atoms with Crippen molar-refractivity contribution in [3.8, 4) is 112 Å². The molecule has 0 unspecified atom stereocenters. The largest absolute Gasteiger partial charge is 0.309 e. The van der Waals surface area contributed by atoms with Gasteiger partial charge in [0.1, 0.15) is 0 Å². The minimum atomic E-state index is -3.03. The van der Waals surface area contributed by atoms with Gasteiger partial charge in [-0.3, -0.25) is 0 Å². The van der Waals surface area contributed by atoms with Crippen LogP contribution in [-0.2, 0) is 4.57 Å². The SMILES string of the molecule is O=P(c1ccccc1)(c1ccccc1)c1ccc2cc(-c3ccc(-c4nc5ccccc5c5c4sc4ccccc45)cc3)ccc2c1.c1ccc(-c2nc(-c3ccccc3)nc(-c3ccc(-c4ccc(-c5nc6ccccc6c6c5sc5ccccc56)cc4)cc3)n2)cc1.c1ccc2cc(-c3ccc4cc(-c5ccc(-c6nc7ccccc7c7c6sc6ccccc67)cc5)ccc4c3)ccc2c1. The summed E-state index contributed by atoms with van der Waals surface area (Å²) in [5.41, 5.74) is 21.9. The van der Waals surface area contributed by atoms with E-state index in [0.29, 0.717) is 17.5 Å². The molecule has 0 fully saturated rings. The van der Waals surface area contributed by atoms with E-state index in [-0.39, 0.29) is 0 Å². The van der Waals surface area contributed by atoms with Crippen LogP contribution in [0.25, 0.3) is 238 Å². The highest BCUT2D eigenvalue weighted by molar-refractivity contribution is 7.85. The van der Waals surface area contributed by atoms with Crippen LogP contribution < -0.4 is 15.9 Å². The molecule has 11 heteroatoms. The molecule has 0 aliphatic rings. The van der Waals surface area contributed by atoms with Gasteiger partial charge >= 0.3 is 0 Å². The number of pyridine rings is 3. The van der Waals surface area contributed by atoms with Gasteiger partial charge in [-0.25, -0.2) is 29.9 Å². The van der Waals surface area contributed by atoms with Crippen LogP contribution in [0.4, 0.5) is 0 Å². The van der Waals surface area contributed by atoms with Gasteiger partial charge in [0.2, 0.25) is 0 Å². The molecule has 0 atom stereocenters. The topological polar surface area (TPSA) is 94.4 Å². The van der Waals surface area contributed by atoms with Crippen LogP contribution in [-0.4, -0.2) is 29.9 Å². The summed E-state index contributed by atoms with van der Waals surface area (Å²) in [5, 5.41) is 21.1. The maximum Gasteiger partial charge on any atom is 0.171 e. The van der Waals surface area contributed by atoms with E-state index in [0.717, 1.165) is 116 Å². The monoisotopic (exact) mass is 1820 g/mol. The van der Waals surface area contributed by atoms with Crippen molar-refractivity contribution in [3.63, 3.8) is 0 Å². The number of rotatable bonds is 13. The fourth-order valence-electron chi connectivity index (χ4n) is 19.4. The summed E-state index contributed by atoms with van der Waals surface area (Å²) in [7, 11) is -3.03. The summed E-state index contributed by atoms with van der Waals surface area (Å²) in [4.78, 5) is 30.1. The Kier molecular flexibility index (Phi) is 21.0. The first-order chi connectivity index (χ1) is 67.7. The van der Waals surface area contributed by atoms with E-state index in [4.69, 9.17) is 29.9 Å². The molecule has 642 valence electrons. The van der Waals surface area contributed by atoms with Crippen molar-refractivity contribution in [2.24, 2.45) is 0 Å². The van der Waals surface area contributed by atoms with Crippen LogP contribution in [0.2, 0.25) is 0 Å². The standard InChI is InChI=1S/C43H28NOPS.C42H26N4S.C41H25NS/c45-46(34-11-3-1-4-12-34,35-13-5-2-6-14-35)36-26-25-32-27-31(23-24-33(32)28-36)29-19-21-30(22-20-29)42-43-41(37-15-7-9-17-39(37)44-42)38-16-8-10-18-40(38)47-43;1-3-11-30(12-4-1)40-44-41(31-13-5-2-6-14-31)46-42(45-40)32-25-21-28(22-26-32)27-19-23-29(24-20-27)38-39-37(33-15-7-9-17-35(33)43-38)34-16-8-10-18-36(34)47-39;1-2-8-29-23-31(18-15-26(29)7-1)34-22-21-32-24-30(19-20-33(32)25-34)27-13-16-28(17-14-27)40-41-39(35-9-3-5-11-37(35)42-40)36-10-4-6-12-38(36)43-41/h1-28H;1-26H;1-25H. The number of thiophene rings is 3. The van der Waals surface area contributed by atoms with Gasteiger partial charge in [0, 0.05) is 112 Å². The maximum atomic E-state index is 14.9. The Bertz CT molecular complexity index is 9320. The Morgan fingerprint density at radius 3 is 0.774 bits per heavy atom. The summed E-state index contributed by atoms with van der Waals surface area (Å²) < 4.78 is 22.5. The molecule has 137 heavy (non-hydrogen) atoms. The highest BCUT2D eigenvalue weighted by Gasteiger charge is 2.31. The second-order valence-electron chi connectivity index (χ2n) is 34.6. The minimum Gasteiger partial charge on any atom is -0.309 e. The lowest BCUT2D eigenvalue weighted by Gasteiger charge is -2.20. The van der Waals surface area contributed by atoms with Crippen LogP contribution in [0, 0.1) is 0 Å². The quantitative estimate of drug-likeness (QED) is 0.106. The van der Waals surface area contributed by atoms with Gasteiger partial charge in [-0.05, 0) is 144 Å². The molecular formula is C126H79N6OPS3. The van der Waals surface area contributed by atoms with Crippen molar-refractivity contribution in [3.05, 3.63) is 479 Å². The molecular weight excluding hydrogens is 1740 g/mol. The van der Waals surface area contributed by atoms with E-state index < -0.39 is 7.14 Å². The second-order valence-corrected chi connectivity index (χ2v) is 40.5. The second kappa shape index (κ2) is 35.0. The Balaban J connectivity index is 0.000000109. The zero-order valence-corrected chi connectivity index (χ0v) is 77.2. The molecule has 0 bridgehead atoms. The molecule has 0 radical (unpaired) electrons. The van der Waals surface area contributed by atoms with E-state index in [1.165, 1.54) is 120 Å². The van der Waals surface area contributed by atoms with Crippen molar-refractivity contribution in [1.29, 1.82) is 0 Å². The minimum absolute atomic E-state index is 0.648. The lowest BCUT2D eigenvalue weighted by molar-refractivity contribution is 0.592. The van der Waals surface area contributed by atoms with Gasteiger partial charge in [-0.2, -0.15) is 0 Å². The number of benzene rings is 20. The number of para-hydroxylation sites is 3. The summed E-state index contributed by atoms with van der Waals surface area (Å²) in [6.45, 7) is 0. The van der Waals surface area contributed by atoms with Crippen molar-refractivity contribution in [2.45, 2.75) is 0 Å². The van der Waals surface area contributed by atoms with Crippen LogP contribution in [0.3, 0.4) is 0 Å². The molecule has 0 saturated carbocycles. The van der Waals surface area contributed by atoms with Crippen LogP contribution in [0.1, 0.15) is 0 Å². The third-order valence-electron chi connectivity index (χ3n) is 26.3. The lowest BCUT2D eigenvalue weighted by atomic mass is 9.96. The molecule has 7 heterocycles. The van der Waals surface area contributed by atoms with Crippen LogP contribution >= 0.6 is 41.2 Å². The molecule has 0 N–H and O–H groups in total. The van der Waals surface area contributed by atoms with Gasteiger partial charge in [0.25, 0.3) is 0 Å². The van der Waals surface area contributed by atoms with Gasteiger partial charge in [-0.1, -0.05) is 413 Å². The molecule has 27 rings (SSSR count). The van der Waals surface area contributed by atoms with E-state index >= 15 is 0 Å². The third-order valence-corrected chi connectivity index (χ3v) is 32.9. The van der Waals surface area contributed by atoms with E-state index in [1.54, 1.807) is 0 Å². The molecule has 7 aromatic heterocycles. The van der Waals surface area contributed by atoms with Gasteiger partial charge < -0.3 is 4.57 Å². The number of aromatic nitrogens is 6. The summed E-state index contributed by atoms with van der Waals surface area (Å²) in [6, 6.07) is 168. The average Bonchev–Trinajstić information content (AvgIpc) is 1.62. The predicted molar refractivity (Wildman–Crippen MR) is 584 cm³/mol. The predicted octanol–water partition coefficient (Wildman–Crippen LogP) is 33.8. The third kappa shape index (κ3) is 15.3. The summed E-state index contributed by atoms with van der Waals surface area (Å²) in [6.07, 6.45) is 0. The van der Waals surface area contributed by atoms with Crippen molar-refractivity contribution in [2.75, 3.05) is 0 Å². The molecule has 7 nitrogen and oxygen atoms in total.